The maximum Gasteiger partial charge on any atom is 0.390 e. The Morgan fingerprint density at radius 3 is 2.43 bits per heavy atom. The molecular weight excluding hydrogens is 303 g/mol. The summed E-state index contributed by atoms with van der Waals surface area (Å²) in [6, 6.07) is 7.44. The zero-order valence-corrected chi connectivity index (χ0v) is 12.6. The van der Waals surface area contributed by atoms with Crippen LogP contribution in [0.15, 0.2) is 29.3 Å². The van der Waals surface area contributed by atoms with Gasteiger partial charge in [-0.2, -0.15) is 13.2 Å². The number of aliphatic imine (C=N–C) groups is 1. The van der Waals surface area contributed by atoms with E-state index in [0.29, 0.717) is 24.1 Å². The zero-order valence-electron chi connectivity index (χ0n) is 11.8. The van der Waals surface area contributed by atoms with Crippen molar-refractivity contribution in [2.75, 3.05) is 19.6 Å². The van der Waals surface area contributed by atoms with Crippen LogP contribution in [0, 0.1) is 0 Å². The van der Waals surface area contributed by atoms with Crippen molar-refractivity contribution in [2.24, 2.45) is 4.99 Å². The van der Waals surface area contributed by atoms with E-state index in [4.69, 9.17) is 11.6 Å². The summed E-state index contributed by atoms with van der Waals surface area (Å²) in [5.41, 5.74) is 1.10. The standard InChI is InChI=1S/C14H19ClF3N3/c1-2-19-13(21-10-8-14(16,17)18)20-9-7-11-3-5-12(15)6-4-11/h3-6H,2,7-10H2,1H3,(H2,19,20,21). The van der Waals surface area contributed by atoms with E-state index >= 15 is 0 Å². The number of halogens is 4. The fourth-order valence-corrected chi connectivity index (χ4v) is 1.74. The molecule has 0 spiro atoms. The highest BCUT2D eigenvalue weighted by atomic mass is 35.5. The van der Waals surface area contributed by atoms with Crippen LogP contribution in [-0.4, -0.2) is 31.8 Å². The van der Waals surface area contributed by atoms with E-state index in [1.165, 1.54) is 0 Å². The first-order valence-electron chi connectivity index (χ1n) is 6.74. The first kappa shape index (κ1) is 17.6. The second-order valence-corrected chi connectivity index (χ2v) is 4.87. The summed E-state index contributed by atoms with van der Waals surface area (Å²) >= 11 is 5.79. The van der Waals surface area contributed by atoms with Gasteiger partial charge in [-0.25, -0.2) is 0 Å². The first-order valence-corrected chi connectivity index (χ1v) is 7.12. The molecule has 1 rings (SSSR count). The molecule has 21 heavy (non-hydrogen) atoms. The molecule has 2 N–H and O–H groups in total. The van der Waals surface area contributed by atoms with E-state index in [2.05, 4.69) is 15.6 Å². The summed E-state index contributed by atoms with van der Waals surface area (Å²) in [5.74, 6) is 0.399. The number of rotatable bonds is 6. The molecule has 0 atom stereocenters. The van der Waals surface area contributed by atoms with Crippen molar-refractivity contribution < 1.29 is 13.2 Å². The molecule has 0 aliphatic carbocycles. The van der Waals surface area contributed by atoms with Gasteiger partial charge in [-0.1, -0.05) is 23.7 Å². The Morgan fingerprint density at radius 1 is 1.19 bits per heavy atom. The maximum absolute atomic E-state index is 12.1. The lowest BCUT2D eigenvalue weighted by Gasteiger charge is -2.11. The van der Waals surface area contributed by atoms with Crippen molar-refractivity contribution in [3.05, 3.63) is 34.9 Å². The summed E-state index contributed by atoms with van der Waals surface area (Å²) in [5, 5.41) is 6.60. The van der Waals surface area contributed by atoms with E-state index in [9.17, 15) is 13.2 Å². The molecular formula is C14H19ClF3N3. The molecule has 0 unspecified atom stereocenters. The molecule has 0 radical (unpaired) electrons. The van der Waals surface area contributed by atoms with Gasteiger partial charge in [0.15, 0.2) is 5.96 Å². The Morgan fingerprint density at radius 2 is 1.86 bits per heavy atom. The minimum Gasteiger partial charge on any atom is -0.357 e. The molecule has 3 nitrogen and oxygen atoms in total. The summed E-state index contributed by atoms with van der Waals surface area (Å²) in [6.45, 7) is 2.76. The van der Waals surface area contributed by atoms with Gasteiger partial charge < -0.3 is 10.6 Å². The first-order chi connectivity index (χ1) is 9.90. The number of hydrogen-bond donors (Lipinski definition) is 2. The number of alkyl halides is 3. The minimum atomic E-state index is -4.18. The topological polar surface area (TPSA) is 36.4 Å². The highest BCUT2D eigenvalue weighted by Crippen LogP contribution is 2.18. The Bertz CT molecular complexity index is 444. The van der Waals surface area contributed by atoms with Gasteiger partial charge in [0, 0.05) is 18.1 Å². The van der Waals surface area contributed by atoms with E-state index < -0.39 is 12.6 Å². The van der Waals surface area contributed by atoms with Crippen LogP contribution >= 0.6 is 11.6 Å². The summed E-state index contributed by atoms with van der Waals surface area (Å²) < 4.78 is 36.2. The molecule has 0 aliphatic rings. The van der Waals surface area contributed by atoms with Gasteiger partial charge >= 0.3 is 6.18 Å². The van der Waals surface area contributed by atoms with Crippen LogP contribution in [0.2, 0.25) is 5.02 Å². The third-order valence-corrected chi connectivity index (χ3v) is 2.88. The van der Waals surface area contributed by atoms with Crippen molar-refractivity contribution in [3.63, 3.8) is 0 Å². The van der Waals surface area contributed by atoms with Crippen LogP contribution in [0.4, 0.5) is 13.2 Å². The Balaban J connectivity index is 2.39. The van der Waals surface area contributed by atoms with Crippen LogP contribution < -0.4 is 10.6 Å². The minimum absolute atomic E-state index is 0.278. The molecule has 0 saturated carbocycles. The van der Waals surface area contributed by atoms with Gasteiger partial charge in [0.25, 0.3) is 0 Å². The van der Waals surface area contributed by atoms with Crippen LogP contribution in [-0.2, 0) is 6.42 Å². The van der Waals surface area contributed by atoms with Crippen LogP contribution in [0.25, 0.3) is 0 Å². The van der Waals surface area contributed by atoms with E-state index in [0.717, 1.165) is 12.0 Å². The van der Waals surface area contributed by atoms with Crippen LogP contribution in [0.5, 0.6) is 0 Å². The summed E-state index contributed by atoms with van der Waals surface area (Å²) in [4.78, 5) is 3.90. The largest absolute Gasteiger partial charge is 0.390 e. The SMILES string of the molecule is CCNC(=NCCC(F)(F)F)NCCc1ccc(Cl)cc1. The molecule has 0 fully saturated rings. The third kappa shape index (κ3) is 8.45. The lowest BCUT2D eigenvalue weighted by Crippen LogP contribution is -2.38. The lowest BCUT2D eigenvalue weighted by atomic mass is 10.1. The van der Waals surface area contributed by atoms with Crippen molar-refractivity contribution in [2.45, 2.75) is 25.9 Å². The van der Waals surface area contributed by atoms with Gasteiger partial charge in [0.1, 0.15) is 0 Å². The second kappa shape index (κ2) is 8.77. The lowest BCUT2D eigenvalue weighted by molar-refractivity contribution is -0.132. The summed E-state index contributed by atoms with van der Waals surface area (Å²) in [6.07, 6.45) is -4.36. The van der Waals surface area contributed by atoms with Crippen molar-refractivity contribution in [1.29, 1.82) is 0 Å². The number of nitrogens with zero attached hydrogens (tertiary/aromatic N) is 1. The molecule has 0 bridgehead atoms. The molecule has 118 valence electrons. The zero-order chi connectivity index (χ0) is 15.7. The average Bonchev–Trinajstić information content (AvgIpc) is 2.39. The van der Waals surface area contributed by atoms with E-state index in [1.54, 1.807) is 12.1 Å². The predicted molar refractivity (Wildman–Crippen MR) is 79.8 cm³/mol. The average molecular weight is 322 g/mol. The Kier molecular flexibility index (Phi) is 7.36. The number of guanidine groups is 1. The molecule has 1 aromatic rings. The smallest absolute Gasteiger partial charge is 0.357 e. The monoisotopic (exact) mass is 321 g/mol. The van der Waals surface area contributed by atoms with Crippen molar-refractivity contribution in [1.82, 2.24) is 10.6 Å². The van der Waals surface area contributed by atoms with Gasteiger partial charge in [-0.05, 0) is 31.0 Å². The van der Waals surface area contributed by atoms with Crippen LogP contribution in [0.1, 0.15) is 18.9 Å². The quantitative estimate of drug-likeness (QED) is 0.622. The molecule has 0 heterocycles. The fraction of sp³-hybridized carbons (Fsp3) is 0.500. The molecule has 1 aromatic carbocycles. The Hall–Kier alpha value is -1.43. The van der Waals surface area contributed by atoms with Crippen molar-refractivity contribution >= 4 is 17.6 Å². The maximum atomic E-state index is 12.1. The highest BCUT2D eigenvalue weighted by molar-refractivity contribution is 6.30. The van der Waals surface area contributed by atoms with Gasteiger partial charge in [0.2, 0.25) is 0 Å². The number of hydrogen-bond acceptors (Lipinski definition) is 1. The van der Waals surface area contributed by atoms with Gasteiger partial charge in [0.05, 0.1) is 13.0 Å². The molecule has 7 heteroatoms. The fourth-order valence-electron chi connectivity index (χ4n) is 1.61. The third-order valence-electron chi connectivity index (χ3n) is 2.63. The predicted octanol–water partition coefficient (Wildman–Crippen LogP) is 3.39. The summed E-state index contributed by atoms with van der Waals surface area (Å²) in [7, 11) is 0. The molecule has 0 aromatic heterocycles. The van der Waals surface area contributed by atoms with Gasteiger partial charge in [-0.3, -0.25) is 4.99 Å². The number of benzene rings is 1. The van der Waals surface area contributed by atoms with Crippen LogP contribution in [0.3, 0.4) is 0 Å². The Labute approximate surface area is 127 Å². The molecule has 0 amide bonds. The normalized spacial score (nSPS) is 12.3. The second-order valence-electron chi connectivity index (χ2n) is 4.43. The highest BCUT2D eigenvalue weighted by Gasteiger charge is 2.26. The molecule has 0 aliphatic heterocycles. The number of nitrogens with one attached hydrogen (secondary N) is 2. The molecule has 0 saturated heterocycles. The van der Waals surface area contributed by atoms with E-state index in [-0.39, 0.29) is 6.54 Å². The van der Waals surface area contributed by atoms with Gasteiger partial charge in [-0.15, -0.1) is 0 Å². The van der Waals surface area contributed by atoms with Crippen molar-refractivity contribution in [3.8, 4) is 0 Å². The van der Waals surface area contributed by atoms with E-state index in [1.807, 2.05) is 19.1 Å².